The van der Waals surface area contributed by atoms with E-state index >= 15 is 0 Å². The van der Waals surface area contributed by atoms with Crippen LogP contribution in [0, 0.1) is 0 Å². The zero-order valence-electron chi connectivity index (χ0n) is 11.9. The van der Waals surface area contributed by atoms with Crippen molar-refractivity contribution in [3.8, 4) is 5.75 Å². The van der Waals surface area contributed by atoms with Gasteiger partial charge in [0.25, 0.3) is 0 Å². The first-order chi connectivity index (χ1) is 9.43. The molecule has 0 spiro atoms. The maximum absolute atomic E-state index is 11.4. The van der Waals surface area contributed by atoms with Crippen molar-refractivity contribution in [1.29, 1.82) is 0 Å². The van der Waals surface area contributed by atoms with Crippen molar-refractivity contribution >= 4 is 17.6 Å². The van der Waals surface area contributed by atoms with E-state index in [1.807, 2.05) is 13.8 Å². The number of rotatable bonds is 6. The van der Waals surface area contributed by atoms with E-state index in [2.05, 4.69) is 10.1 Å². The number of carbonyl (C=O) groups is 2. The fraction of sp³-hybridized carbons (Fsp3) is 0.429. The van der Waals surface area contributed by atoms with Gasteiger partial charge >= 0.3 is 5.97 Å². The number of amides is 1. The quantitative estimate of drug-likeness (QED) is 0.606. The lowest BCUT2D eigenvalue weighted by Gasteiger charge is -2.11. The van der Waals surface area contributed by atoms with E-state index in [1.165, 1.54) is 13.2 Å². The number of nitrogens with one attached hydrogen (secondary N) is 1. The van der Waals surface area contributed by atoms with Crippen molar-refractivity contribution in [2.24, 2.45) is 0 Å². The van der Waals surface area contributed by atoms with Gasteiger partial charge in [-0.05, 0) is 32.0 Å². The Morgan fingerprint density at radius 2 is 2.05 bits per heavy atom. The predicted octanol–water partition coefficient (Wildman–Crippen LogP) is 1.35. The maximum Gasteiger partial charge on any atom is 0.337 e. The number of benzene rings is 1. The monoisotopic (exact) mass is 280 g/mol. The number of nitrogens with two attached hydrogens (primary N) is 1. The Morgan fingerprint density at radius 1 is 1.35 bits per heavy atom. The van der Waals surface area contributed by atoms with Crippen LogP contribution in [0.1, 0.15) is 30.6 Å². The molecule has 6 nitrogen and oxygen atoms in total. The van der Waals surface area contributed by atoms with Gasteiger partial charge in [0, 0.05) is 6.04 Å². The minimum absolute atomic E-state index is 0.0789. The van der Waals surface area contributed by atoms with Crippen LogP contribution in [0.2, 0.25) is 0 Å². The van der Waals surface area contributed by atoms with Crippen LogP contribution in [0.3, 0.4) is 0 Å². The predicted molar refractivity (Wildman–Crippen MR) is 75.6 cm³/mol. The van der Waals surface area contributed by atoms with E-state index < -0.39 is 5.97 Å². The lowest BCUT2D eigenvalue weighted by Crippen LogP contribution is -2.31. The van der Waals surface area contributed by atoms with Crippen LogP contribution in [0.5, 0.6) is 5.75 Å². The third-order valence-electron chi connectivity index (χ3n) is 2.47. The molecule has 0 aliphatic carbocycles. The zero-order chi connectivity index (χ0) is 15.1. The summed E-state index contributed by atoms with van der Waals surface area (Å²) >= 11 is 0. The summed E-state index contributed by atoms with van der Waals surface area (Å²) < 4.78 is 10.0. The van der Waals surface area contributed by atoms with Crippen molar-refractivity contribution in [3.05, 3.63) is 23.8 Å². The van der Waals surface area contributed by atoms with Crippen molar-refractivity contribution in [3.63, 3.8) is 0 Å². The van der Waals surface area contributed by atoms with Gasteiger partial charge in [-0.2, -0.15) is 0 Å². The van der Waals surface area contributed by atoms with Crippen molar-refractivity contribution in [2.75, 3.05) is 19.5 Å². The minimum Gasteiger partial charge on any atom is -0.491 e. The highest BCUT2D eigenvalue weighted by molar-refractivity contribution is 5.90. The lowest BCUT2D eigenvalue weighted by atomic mass is 10.2. The van der Waals surface area contributed by atoms with Gasteiger partial charge in [0.15, 0.2) is 0 Å². The van der Waals surface area contributed by atoms with E-state index in [4.69, 9.17) is 10.5 Å². The normalized spacial score (nSPS) is 10.2. The van der Waals surface area contributed by atoms with E-state index in [-0.39, 0.29) is 25.0 Å². The molecule has 0 radical (unpaired) electrons. The van der Waals surface area contributed by atoms with Gasteiger partial charge in [-0.3, -0.25) is 4.79 Å². The molecule has 0 unspecified atom stereocenters. The summed E-state index contributed by atoms with van der Waals surface area (Å²) in [5.41, 5.74) is 6.47. The Labute approximate surface area is 118 Å². The average molecular weight is 280 g/mol. The van der Waals surface area contributed by atoms with Crippen LogP contribution in [0.4, 0.5) is 5.69 Å². The van der Waals surface area contributed by atoms with E-state index in [0.29, 0.717) is 17.0 Å². The first-order valence-corrected chi connectivity index (χ1v) is 6.34. The molecule has 0 saturated heterocycles. The highest BCUT2D eigenvalue weighted by Crippen LogP contribution is 2.23. The number of anilines is 1. The van der Waals surface area contributed by atoms with Crippen LogP contribution in [0.25, 0.3) is 0 Å². The first-order valence-electron chi connectivity index (χ1n) is 6.34. The number of methoxy groups -OCH3 is 1. The van der Waals surface area contributed by atoms with E-state index in [0.717, 1.165) is 0 Å². The Morgan fingerprint density at radius 3 is 2.60 bits per heavy atom. The molecule has 0 atom stereocenters. The standard InChI is InChI=1S/C14H20N2O4/c1-9(2)16-13(17)6-7-20-12-5-4-10(8-11(12)15)14(18)19-3/h4-5,8-9H,6-7,15H2,1-3H3,(H,16,17). The molecule has 0 heterocycles. The Bertz CT molecular complexity index is 486. The molecule has 20 heavy (non-hydrogen) atoms. The summed E-state index contributed by atoms with van der Waals surface area (Å²) in [5, 5.41) is 2.76. The molecule has 1 aromatic carbocycles. The second-order valence-corrected chi connectivity index (χ2v) is 4.56. The molecule has 110 valence electrons. The zero-order valence-corrected chi connectivity index (χ0v) is 11.9. The Balaban J connectivity index is 2.53. The molecule has 0 aromatic heterocycles. The molecule has 0 aliphatic heterocycles. The first kappa shape index (κ1) is 15.8. The Hall–Kier alpha value is -2.24. The van der Waals surface area contributed by atoms with Gasteiger partial charge in [-0.25, -0.2) is 4.79 Å². The van der Waals surface area contributed by atoms with Crippen molar-refractivity contribution in [1.82, 2.24) is 5.32 Å². The second-order valence-electron chi connectivity index (χ2n) is 4.56. The number of hydrogen-bond acceptors (Lipinski definition) is 5. The molecular weight excluding hydrogens is 260 g/mol. The minimum atomic E-state index is -0.459. The maximum atomic E-state index is 11.4. The fourth-order valence-corrected chi connectivity index (χ4v) is 1.57. The van der Waals surface area contributed by atoms with E-state index in [1.54, 1.807) is 12.1 Å². The second kappa shape index (κ2) is 7.37. The number of esters is 1. The Kier molecular flexibility index (Phi) is 5.83. The van der Waals surface area contributed by atoms with Gasteiger partial charge in [0.2, 0.25) is 5.91 Å². The van der Waals surface area contributed by atoms with Crippen LogP contribution in [0.15, 0.2) is 18.2 Å². The van der Waals surface area contributed by atoms with Crippen LogP contribution in [-0.2, 0) is 9.53 Å². The third-order valence-corrected chi connectivity index (χ3v) is 2.47. The number of hydrogen-bond donors (Lipinski definition) is 2. The number of carbonyl (C=O) groups excluding carboxylic acids is 2. The molecule has 3 N–H and O–H groups in total. The van der Waals surface area contributed by atoms with Gasteiger partial charge < -0.3 is 20.5 Å². The smallest absolute Gasteiger partial charge is 0.337 e. The SMILES string of the molecule is COC(=O)c1ccc(OCCC(=O)NC(C)C)c(N)c1. The van der Waals surface area contributed by atoms with Crippen molar-refractivity contribution < 1.29 is 19.1 Å². The van der Waals surface area contributed by atoms with Crippen LogP contribution >= 0.6 is 0 Å². The summed E-state index contributed by atoms with van der Waals surface area (Å²) in [6.07, 6.45) is 0.246. The molecule has 0 fully saturated rings. The largest absolute Gasteiger partial charge is 0.491 e. The van der Waals surface area contributed by atoms with Crippen LogP contribution in [-0.4, -0.2) is 31.6 Å². The van der Waals surface area contributed by atoms with Crippen molar-refractivity contribution in [2.45, 2.75) is 26.3 Å². The number of ether oxygens (including phenoxy) is 2. The summed E-state index contributed by atoms with van der Waals surface area (Å²) in [5.74, 6) is -0.0979. The molecule has 6 heteroatoms. The highest BCUT2D eigenvalue weighted by Gasteiger charge is 2.09. The third kappa shape index (κ3) is 4.79. The fourth-order valence-electron chi connectivity index (χ4n) is 1.57. The molecule has 0 saturated carbocycles. The topological polar surface area (TPSA) is 90.6 Å². The summed E-state index contributed by atoms with van der Waals surface area (Å²) in [6.45, 7) is 4.00. The highest BCUT2D eigenvalue weighted by atomic mass is 16.5. The number of nitrogen functional groups attached to an aromatic ring is 1. The van der Waals surface area contributed by atoms with Gasteiger partial charge in [0.1, 0.15) is 5.75 Å². The average Bonchev–Trinajstić information content (AvgIpc) is 2.38. The molecular formula is C14H20N2O4. The summed E-state index contributed by atoms with van der Waals surface area (Å²) in [7, 11) is 1.30. The summed E-state index contributed by atoms with van der Waals surface area (Å²) in [6, 6.07) is 4.73. The van der Waals surface area contributed by atoms with Crippen LogP contribution < -0.4 is 15.8 Å². The van der Waals surface area contributed by atoms with Gasteiger partial charge in [0.05, 0.1) is 31.4 Å². The van der Waals surface area contributed by atoms with E-state index in [9.17, 15) is 9.59 Å². The molecule has 0 bridgehead atoms. The molecule has 1 amide bonds. The molecule has 0 aliphatic rings. The molecule has 1 rings (SSSR count). The summed E-state index contributed by atoms with van der Waals surface area (Å²) in [4.78, 5) is 22.7. The van der Waals surface area contributed by atoms with Gasteiger partial charge in [-0.1, -0.05) is 0 Å². The molecule has 1 aromatic rings. The lowest BCUT2D eigenvalue weighted by molar-refractivity contribution is -0.122. The van der Waals surface area contributed by atoms with Gasteiger partial charge in [-0.15, -0.1) is 0 Å².